The second-order valence-electron chi connectivity index (χ2n) is 4.85. The summed E-state index contributed by atoms with van der Waals surface area (Å²) in [5.41, 5.74) is 0.418. The first-order valence-corrected chi connectivity index (χ1v) is 7.53. The molecule has 2 atom stereocenters. The number of aromatic amines is 1. The molecule has 0 radical (unpaired) electrons. The topological polar surface area (TPSA) is 88.2 Å². The predicted octanol–water partition coefficient (Wildman–Crippen LogP) is 0.120. The molecule has 4 heterocycles. The summed E-state index contributed by atoms with van der Waals surface area (Å²) in [7, 11) is -3.56. The molecule has 2 bridgehead atoms. The molecule has 2 fully saturated rings. The molecule has 2 aliphatic heterocycles. The van der Waals surface area contributed by atoms with Gasteiger partial charge in [-0.3, -0.25) is 5.10 Å². The van der Waals surface area contributed by atoms with Gasteiger partial charge in [0.2, 0.25) is 0 Å². The zero-order valence-electron chi connectivity index (χ0n) is 9.98. The molecule has 2 saturated heterocycles. The normalized spacial score (nSPS) is 27.4. The maximum Gasteiger partial charge on any atom is 0.261 e. The van der Waals surface area contributed by atoms with E-state index < -0.39 is 10.0 Å². The quantitative estimate of drug-likeness (QED) is 0.844. The fraction of sp³-hybridized carbons (Fsp3) is 0.455. The number of nitrogens with one attached hydrogen (secondary N) is 1. The Morgan fingerprint density at radius 1 is 1.47 bits per heavy atom. The number of H-pyrrole nitrogens is 1. The first-order valence-electron chi connectivity index (χ1n) is 6.09. The van der Waals surface area contributed by atoms with Crippen LogP contribution in [-0.4, -0.2) is 53.2 Å². The molecule has 2 aromatic rings. The van der Waals surface area contributed by atoms with Gasteiger partial charge in [0.05, 0.1) is 24.1 Å². The van der Waals surface area contributed by atoms with Gasteiger partial charge in [0.15, 0.2) is 10.7 Å². The number of rotatable bonds is 2. The second kappa shape index (κ2) is 3.75. The van der Waals surface area contributed by atoms with Gasteiger partial charge in [-0.1, -0.05) is 0 Å². The molecule has 4 rings (SSSR count). The molecule has 19 heavy (non-hydrogen) atoms. The van der Waals surface area contributed by atoms with E-state index in [2.05, 4.69) is 15.2 Å². The van der Waals surface area contributed by atoms with E-state index in [1.54, 1.807) is 18.3 Å². The van der Waals surface area contributed by atoms with Gasteiger partial charge in [0.25, 0.3) is 10.0 Å². The molecule has 0 aromatic carbocycles. The Labute approximate surface area is 109 Å². The van der Waals surface area contributed by atoms with Crippen LogP contribution in [0.4, 0.5) is 0 Å². The van der Waals surface area contributed by atoms with Crippen LogP contribution in [-0.2, 0) is 14.8 Å². The minimum atomic E-state index is -3.56. The van der Waals surface area contributed by atoms with Crippen LogP contribution in [0.3, 0.4) is 0 Å². The predicted molar refractivity (Wildman–Crippen MR) is 65.9 cm³/mol. The van der Waals surface area contributed by atoms with Gasteiger partial charge in [-0.2, -0.15) is 9.40 Å². The van der Waals surface area contributed by atoms with Gasteiger partial charge in [-0.15, -0.1) is 0 Å². The van der Waals surface area contributed by atoms with E-state index in [0.29, 0.717) is 24.2 Å². The van der Waals surface area contributed by atoms with Crippen molar-refractivity contribution in [3.8, 4) is 0 Å². The molecule has 100 valence electrons. The number of pyridine rings is 1. The molecule has 0 saturated carbocycles. The van der Waals surface area contributed by atoms with E-state index in [0.717, 1.165) is 6.42 Å². The minimum Gasteiger partial charge on any atom is -0.375 e. The van der Waals surface area contributed by atoms with Crippen LogP contribution in [0.15, 0.2) is 23.4 Å². The molecule has 1 N–H and O–H groups in total. The third-order valence-corrected chi connectivity index (χ3v) is 5.60. The summed E-state index contributed by atoms with van der Waals surface area (Å²) in [5.74, 6) is 0. The van der Waals surface area contributed by atoms with Crippen LogP contribution in [0.2, 0.25) is 0 Å². The highest BCUT2D eigenvalue weighted by atomic mass is 32.2. The lowest BCUT2D eigenvalue weighted by molar-refractivity contribution is 0.0608. The monoisotopic (exact) mass is 280 g/mol. The molecule has 0 spiro atoms. The van der Waals surface area contributed by atoms with Crippen molar-refractivity contribution in [2.24, 2.45) is 0 Å². The third-order valence-electron chi connectivity index (χ3n) is 3.71. The fourth-order valence-corrected chi connectivity index (χ4v) is 4.53. The number of hydrogen-bond acceptors (Lipinski definition) is 5. The Hall–Kier alpha value is -1.51. The smallest absolute Gasteiger partial charge is 0.261 e. The summed E-state index contributed by atoms with van der Waals surface area (Å²) in [6.45, 7) is 0.905. The maximum absolute atomic E-state index is 12.7. The Kier molecular flexibility index (Phi) is 2.23. The number of sulfonamides is 1. The van der Waals surface area contributed by atoms with Crippen molar-refractivity contribution in [1.29, 1.82) is 0 Å². The van der Waals surface area contributed by atoms with E-state index in [4.69, 9.17) is 4.74 Å². The van der Waals surface area contributed by atoms with Gasteiger partial charge < -0.3 is 4.74 Å². The highest BCUT2D eigenvalue weighted by molar-refractivity contribution is 7.89. The molecule has 2 aromatic heterocycles. The molecule has 2 aliphatic rings. The number of nitrogens with zero attached hydrogens (tertiary/aromatic N) is 3. The summed E-state index contributed by atoms with van der Waals surface area (Å²) in [5, 5.41) is 7.21. The fourth-order valence-electron chi connectivity index (χ4n) is 2.80. The molecule has 0 aliphatic carbocycles. The standard InChI is InChI=1S/C11H12N4O3S/c16-19(17,15-5-8-4-7(15)6-18-8)11-9-2-1-3-12-10(9)13-14-11/h1-3,7-8H,4-6H2,(H,12,13,14)/t7?,8-/m0/s1. The molecular weight excluding hydrogens is 268 g/mol. The average molecular weight is 280 g/mol. The minimum absolute atomic E-state index is 0.0343. The first kappa shape index (κ1) is 11.3. The largest absolute Gasteiger partial charge is 0.375 e. The van der Waals surface area contributed by atoms with E-state index in [-0.39, 0.29) is 17.2 Å². The van der Waals surface area contributed by atoms with Crippen LogP contribution < -0.4 is 0 Å². The van der Waals surface area contributed by atoms with Crippen LogP contribution in [0.5, 0.6) is 0 Å². The van der Waals surface area contributed by atoms with Crippen molar-refractivity contribution >= 4 is 21.1 Å². The highest BCUT2D eigenvalue weighted by Gasteiger charge is 2.46. The Morgan fingerprint density at radius 2 is 2.37 bits per heavy atom. The molecule has 8 heteroatoms. The van der Waals surface area contributed by atoms with E-state index >= 15 is 0 Å². The SMILES string of the molecule is O=S(=O)(c1[nH]nc2ncccc12)N1C[C@@H]2CC1CO2. The van der Waals surface area contributed by atoms with Gasteiger partial charge in [0, 0.05) is 12.7 Å². The van der Waals surface area contributed by atoms with Crippen molar-refractivity contribution in [2.45, 2.75) is 23.6 Å². The Balaban J connectivity index is 1.83. The summed E-state index contributed by atoms with van der Waals surface area (Å²) < 4.78 is 32.3. The van der Waals surface area contributed by atoms with Gasteiger partial charge in [0.1, 0.15) is 0 Å². The number of ether oxygens (including phenoxy) is 1. The van der Waals surface area contributed by atoms with Crippen molar-refractivity contribution in [3.05, 3.63) is 18.3 Å². The van der Waals surface area contributed by atoms with Crippen LogP contribution in [0, 0.1) is 0 Å². The average Bonchev–Trinajstić information content (AvgIpc) is 3.13. The van der Waals surface area contributed by atoms with Gasteiger partial charge in [-0.25, -0.2) is 13.4 Å². The number of fused-ring (bicyclic) bond motifs is 3. The summed E-state index contributed by atoms with van der Waals surface area (Å²) in [6.07, 6.45) is 2.40. The van der Waals surface area contributed by atoms with Gasteiger partial charge >= 0.3 is 0 Å². The van der Waals surface area contributed by atoms with E-state index in [1.807, 2.05) is 0 Å². The third kappa shape index (κ3) is 1.54. The molecule has 0 amide bonds. The summed E-state index contributed by atoms with van der Waals surface area (Å²) in [6, 6.07) is 3.37. The summed E-state index contributed by atoms with van der Waals surface area (Å²) >= 11 is 0. The van der Waals surface area contributed by atoms with Crippen LogP contribution >= 0.6 is 0 Å². The number of hydrogen-bond donors (Lipinski definition) is 1. The van der Waals surface area contributed by atoms with Crippen LogP contribution in [0.25, 0.3) is 11.0 Å². The highest BCUT2D eigenvalue weighted by Crippen LogP contribution is 2.33. The zero-order chi connectivity index (χ0) is 13.0. The lowest BCUT2D eigenvalue weighted by Gasteiger charge is -2.25. The lowest BCUT2D eigenvalue weighted by atomic mass is 10.3. The Morgan fingerprint density at radius 3 is 3.11 bits per heavy atom. The van der Waals surface area contributed by atoms with Crippen molar-refractivity contribution in [2.75, 3.05) is 13.2 Å². The summed E-state index contributed by atoms with van der Waals surface area (Å²) in [4.78, 5) is 4.04. The van der Waals surface area contributed by atoms with Crippen molar-refractivity contribution in [1.82, 2.24) is 19.5 Å². The molecule has 7 nitrogen and oxygen atoms in total. The van der Waals surface area contributed by atoms with E-state index in [9.17, 15) is 8.42 Å². The van der Waals surface area contributed by atoms with Gasteiger partial charge in [-0.05, 0) is 18.6 Å². The Bertz CT molecular complexity index is 741. The zero-order valence-corrected chi connectivity index (χ0v) is 10.8. The maximum atomic E-state index is 12.7. The number of aromatic nitrogens is 3. The van der Waals surface area contributed by atoms with Crippen molar-refractivity contribution < 1.29 is 13.2 Å². The van der Waals surface area contributed by atoms with Crippen LogP contribution in [0.1, 0.15) is 6.42 Å². The first-order chi connectivity index (χ1) is 9.16. The second-order valence-corrected chi connectivity index (χ2v) is 6.67. The lowest BCUT2D eigenvalue weighted by Crippen LogP contribution is -2.41. The van der Waals surface area contributed by atoms with E-state index in [1.165, 1.54) is 4.31 Å². The molecular formula is C11H12N4O3S. The number of morpholine rings is 1. The van der Waals surface area contributed by atoms with Crippen molar-refractivity contribution in [3.63, 3.8) is 0 Å². The molecule has 1 unspecified atom stereocenters.